The third-order valence-corrected chi connectivity index (χ3v) is 5.71. The minimum atomic E-state index is -4.84. The van der Waals surface area contributed by atoms with Crippen LogP contribution in [0.3, 0.4) is 0 Å². The van der Waals surface area contributed by atoms with Crippen LogP contribution in [0.2, 0.25) is 0 Å². The minimum Gasteiger partial charge on any atom is -0.406 e. The van der Waals surface area contributed by atoms with Crippen molar-refractivity contribution in [3.8, 4) is 5.75 Å². The van der Waals surface area contributed by atoms with Crippen molar-refractivity contribution in [3.63, 3.8) is 0 Å². The highest BCUT2D eigenvalue weighted by atomic mass is 32.2. The Labute approximate surface area is 159 Å². The fourth-order valence-electron chi connectivity index (χ4n) is 2.93. The van der Waals surface area contributed by atoms with Crippen molar-refractivity contribution in [2.24, 2.45) is 0 Å². The molecule has 0 bridgehead atoms. The maximum Gasteiger partial charge on any atom is 0.573 e. The van der Waals surface area contributed by atoms with Crippen molar-refractivity contribution in [1.82, 2.24) is 19.1 Å². The van der Waals surface area contributed by atoms with Gasteiger partial charge in [-0.25, -0.2) is 22.6 Å². The molecule has 1 aromatic heterocycles. The van der Waals surface area contributed by atoms with Gasteiger partial charge in [0.05, 0.1) is 4.90 Å². The highest BCUT2D eigenvalue weighted by Crippen LogP contribution is 2.23. The number of fused-ring (bicyclic) bond motifs is 1. The summed E-state index contributed by atoms with van der Waals surface area (Å²) < 4.78 is 69.9. The van der Waals surface area contributed by atoms with E-state index in [2.05, 4.69) is 14.6 Å². The Morgan fingerprint density at radius 2 is 1.89 bits per heavy atom. The molecular weight excluding hydrogens is 401 g/mol. The molecule has 8 nitrogen and oxygen atoms in total. The van der Waals surface area contributed by atoms with Crippen LogP contribution in [0.1, 0.15) is 25.1 Å². The molecule has 0 radical (unpaired) electrons. The van der Waals surface area contributed by atoms with E-state index in [1.54, 1.807) is 4.57 Å². The number of aryl methyl sites for hydroxylation is 2. The van der Waals surface area contributed by atoms with Crippen LogP contribution in [0.25, 0.3) is 0 Å². The first-order chi connectivity index (χ1) is 13.2. The lowest BCUT2D eigenvalue weighted by atomic mass is 10.2. The van der Waals surface area contributed by atoms with E-state index in [0.717, 1.165) is 49.4 Å². The van der Waals surface area contributed by atoms with Crippen molar-refractivity contribution in [2.75, 3.05) is 6.54 Å². The molecule has 0 atom stereocenters. The zero-order chi connectivity index (χ0) is 20.4. The van der Waals surface area contributed by atoms with Gasteiger partial charge in [0.15, 0.2) is 0 Å². The van der Waals surface area contributed by atoms with Crippen molar-refractivity contribution in [3.05, 3.63) is 40.6 Å². The Morgan fingerprint density at radius 1 is 1.18 bits per heavy atom. The Morgan fingerprint density at radius 3 is 2.54 bits per heavy atom. The van der Waals surface area contributed by atoms with E-state index in [9.17, 15) is 26.4 Å². The number of halogens is 3. The molecule has 1 aromatic carbocycles. The summed E-state index contributed by atoms with van der Waals surface area (Å²) >= 11 is 0. The molecule has 3 rings (SSSR count). The monoisotopic (exact) mass is 420 g/mol. The molecule has 0 saturated heterocycles. The second kappa shape index (κ2) is 7.95. The smallest absolute Gasteiger partial charge is 0.406 e. The molecule has 0 amide bonds. The summed E-state index contributed by atoms with van der Waals surface area (Å²) in [6.07, 6.45) is -1.83. The first kappa shape index (κ1) is 20.4. The molecule has 1 N–H and O–H groups in total. The van der Waals surface area contributed by atoms with Crippen molar-refractivity contribution in [1.29, 1.82) is 0 Å². The Balaban J connectivity index is 1.54. The van der Waals surface area contributed by atoms with E-state index in [4.69, 9.17) is 0 Å². The van der Waals surface area contributed by atoms with Crippen molar-refractivity contribution >= 4 is 10.0 Å². The van der Waals surface area contributed by atoms with E-state index in [-0.39, 0.29) is 23.7 Å². The number of nitrogens with one attached hydrogen (secondary N) is 1. The number of ether oxygens (including phenoxy) is 1. The number of hydrogen-bond acceptors (Lipinski definition) is 5. The van der Waals surface area contributed by atoms with E-state index < -0.39 is 22.1 Å². The van der Waals surface area contributed by atoms with Gasteiger partial charge in [-0.2, -0.15) is 5.10 Å². The number of sulfonamides is 1. The van der Waals surface area contributed by atoms with Gasteiger partial charge in [-0.3, -0.25) is 4.57 Å². The summed E-state index contributed by atoms with van der Waals surface area (Å²) in [6.45, 7) is 0.965. The van der Waals surface area contributed by atoms with Gasteiger partial charge in [0, 0.05) is 26.1 Å². The predicted octanol–water partition coefficient (Wildman–Crippen LogP) is 1.65. The van der Waals surface area contributed by atoms with Gasteiger partial charge in [-0.05, 0) is 43.5 Å². The van der Waals surface area contributed by atoms with E-state index in [1.807, 2.05) is 0 Å². The number of hydrogen-bond donors (Lipinski definition) is 1. The number of nitrogens with zero attached hydrogens (tertiary/aromatic N) is 3. The molecular formula is C16H19F3N4O4S. The topological polar surface area (TPSA) is 95.2 Å². The third-order valence-electron chi connectivity index (χ3n) is 4.24. The lowest BCUT2D eigenvalue weighted by Gasteiger charge is -2.10. The molecule has 0 fully saturated rings. The van der Waals surface area contributed by atoms with Crippen LogP contribution in [0.15, 0.2) is 34.0 Å². The molecule has 0 unspecified atom stereocenters. The highest BCUT2D eigenvalue weighted by Gasteiger charge is 2.31. The SMILES string of the molecule is O=c1n(CCCNS(=O)(=O)c2ccc(OC(F)(F)F)cc2)nc2n1CCCC2. The fraction of sp³-hybridized carbons (Fsp3) is 0.500. The van der Waals surface area contributed by atoms with Crippen LogP contribution in [0.5, 0.6) is 5.75 Å². The van der Waals surface area contributed by atoms with Crippen LogP contribution in [0, 0.1) is 0 Å². The normalized spacial score (nSPS) is 14.7. The van der Waals surface area contributed by atoms with Gasteiger partial charge in [-0.15, -0.1) is 13.2 Å². The van der Waals surface area contributed by atoms with Crippen LogP contribution >= 0.6 is 0 Å². The highest BCUT2D eigenvalue weighted by molar-refractivity contribution is 7.89. The van der Waals surface area contributed by atoms with Crippen LogP contribution in [-0.4, -0.2) is 35.7 Å². The number of rotatable bonds is 7. The summed E-state index contributed by atoms with van der Waals surface area (Å²) in [5, 5.41) is 4.27. The maximum absolute atomic E-state index is 12.2. The average Bonchev–Trinajstić information content (AvgIpc) is 2.94. The largest absolute Gasteiger partial charge is 0.573 e. The number of alkyl halides is 3. The second-order valence-electron chi connectivity index (χ2n) is 6.30. The van der Waals surface area contributed by atoms with Crippen LogP contribution in [0.4, 0.5) is 13.2 Å². The molecule has 154 valence electrons. The molecule has 2 heterocycles. The Kier molecular flexibility index (Phi) is 5.79. The number of benzene rings is 1. The quantitative estimate of drug-likeness (QED) is 0.688. The standard InChI is InChI=1S/C16H19F3N4O4S/c17-16(18,19)27-12-5-7-13(8-6-12)28(25,26)20-9-3-11-23-15(24)22-10-2-1-4-14(22)21-23/h5-8,20H,1-4,9-11H2. The molecule has 0 saturated carbocycles. The molecule has 1 aliphatic heterocycles. The summed E-state index contributed by atoms with van der Waals surface area (Å²) in [5.74, 6) is 0.243. The maximum atomic E-state index is 12.2. The Hall–Kier alpha value is -2.34. The van der Waals surface area contributed by atoms with Crippen LogP contribution < -0.4 is 15.1 Å². The minimum absolute atomic E-state index is 0.0533. The fourth-order valence-corrected chi connectivity index (χ4v) is 4.01. The van der Waals surface area contributed by atoms with Gasteiger partial charge in [0.2, 0.25) is 10.0 Å². The molecule has 28 heavy (non-hydrogen) atoms. The summed E-state index contributed by atoms with van der Waals surface area (Å²) in [4.78, 5) is 12.0. The molecule has 2 aromatic rings. The summed E-state index contributed by atoms with van der Waals surface area (Å²) in [7, 11) is -3.89. The average molecular weight is 420 g/mol. The molecule has 1 aliphatic rings. The lowest BCUT2D eigenvalue weighted by Crippen LogP contribution is -2.29. The van der Waals surface area contributed by atoms with E-state index in [1.165, 1.54) is 4.68 Å². The zero-order valence-corrected chi connectivity index (χ0v) is 15.6. The zero-order valence-electron chi connectivity index (χ0n) is 14.8. The molecule has 0 aliphatic carbocycles. The van der Waals surface area contributed by atoms with Gasteiger partial charge in [0.1, 0.15) is 11.6 Å². The van der Waals surface area contributed by atoms with E-state index >= 15 is 0 Å². The predicted molar refractivity (Wildman–Crippen MR) is 92.4 cm³/mol. The Bertz CT molecular complexity index is 981. The molecule has 12 heteroatoms. The lowest BCUT2D eigenvalue weighted by molar-refractivity contribution is -0.274. The van der Waals surface area contributed by atoms with Gasteiger partial charge in [0.25, 0.3) is 0 Å². The summed E-state index contributed by atoms with van der Waals surface area (Å²) in [5.41, 5.74) is -0.196. The van der Waals surface area contributed by atoms with Crippen LogP contribution in [-0.2, 0) is 29.5 Å². The third kappa shape index (κ3) is 4.93. The second-order valence-corrected chi connectivity index (χ2v) is 8.07. The molecule has 0 spiro atoms. The van der Waals surface area contributed by atoms with Gasteiger partial charge >= 0.3 is 12.1 Å². The van der Waals surface area contributed by atoms with Crippen molar-refractivity contribution < 1.29 is 26.3 Å². The van der Waals surface area contributed by atoms with Gasteiger partial charge in [-0.1, -0.05) is 0 Å². The first-order valence-electron chi connectivity index (χ1n) is 8.68. The number of aromatic nitrogens is 3. The van der Waals surface area contributed by atoms with E-state index in [0.29, 0.717) is 13.0 Å². The van der Waals surface area contributed by atoms with Crippen molar-refractivity contribution in [2.45, 2.75) is 50.0 Å². The van der Waals surface area contributed by atoms with Gasteiger partial charge < -0.3 is 4.74 Å². The summed E-state index contributed by atoms with van der Waals surface area (Å²) in [6, 6.07) is 3.91. The first-order valence-corrected chi connectivity index (χ1v) is 10.2.